The number of nitrogens with two attached hydrogens (primary N) is 1. The van der Waals surface area contributed by atoms with Gasteiger partial charge in [0.1, 0.15) is 5.60 Å². The van der Waals surface area contributed by atoms with Crippen molar-refractivity contribution in [3.8, 4) is 6.07 Å². The molecule has 0 unspecified atom stereocenters. The molecule has 1 aromatic heterocycles. The Morgan fingerprint density at radius 1 is 1.38 bits per heavy atom. The van der Waals surface area contributed by atoms with Gasteiger partial charge >= 0.3 is 5.97 Å². The average Bonchev–Trinajstić information content (AvgIpc) is 2.52. The fraction of sp³-hybridized carbons (Fsp3) is 0.588. The molecular formula is C17H25N5O2. The number of hydrogen-bond acceptors (Lipinski definition) is 7. The number of esters is 1. The van der Waals surface area contributed by atoms with Crippen LogP contribution in [0.15, 0.2) is 12.3 Å². The predicted octanol–water partition coefficient (Wildman–Crippen LogP) is 1.65. The maximum absolute atomic E-state index is 12.1. The summed E-state index contributed by atoms with van der Waals surface area (Å²) in [7, 11) is 0. The van der Waals surface area contributed by atoms with Gasteiger partial charge < -0.3 is 15.4 Å². The Labute approximate surface area is 143 Å². The van der Waals surface area contributed by atoms with Crippen LogP contribution in [-0.2, 0) is 4.74 Å². The summed E-state index contributed by atoms with van der Waals surface area (Å²) in [6, 6.07) is 3.79. The van der Waals surface area contributed by atoms with Crippen LogP contribution >= 0.6 is 0 Å². The van der Waals surface area contributed by atoms with E-state index >= 15 is 0 Å². The Hall–Kier alpha value is -2.33. The molecule has 1 aliphatic rings. The van der Waals surface area contributed by atoms with Crippen LogP contribution < -0.4 is 10.6 Å². The van der Waals surface area contributed by atoms with Gasteiger partial charge in [-0.25, -0.2) is 9.78 Å². The van der Waals surface area contributed by atoms with Crippen LogP contribution in [0.2, 0.25) is 0 Å². The largest absolute Gasteiger partial charge is 0.456 e. The topological polar surface area (TPSA) is 95.5 Å². The lowest BCUT2D eigenvalue weighted by molar-refractivity contribution is 0.00691. The Balaban J connectivity index is 2.01. The molecule has 0 radical (unpaired) electrons. The summed E-state index contributed by atoms with van der Waals surface area (Å²) in [5, 5.41) is 8.65. The zero-order chi connectivity index (χ0) is 17.7. The van der Waals surface area contributed by atoms with E-state index in [0.717, 1.165) is 32.7 Å². The molecule has 7 heteroatoms. The van der Waals surface area contributed by atoms with Crippen LogP contribution in [0.3, 0.4) is 0 Å². The third-order valence-electron chi connectivity index (χ3n) is 3.74. The number of aromatic nitrogens is 1. The lowest BCUT2D eigenvalue weighted by atomic mass is 10.2. The van der Waals surface area contributed by atoms with E-state index in [2.05, 4.69) is 20.9 Å². The first kappa shape index (κ1) is 18.0. The van der Waals surface area contributed by atoms with E-state index in [-0.39, 0.29) is 0 Å². The van der Waals surface area contributed by atoms with E-state index in [9.17, 15) is 4.79 Å². The number of anilines is 2. The normalized spacial score (nSPS) is 15.8. The van der Waals surface area contributed by atoms with Crippen LogP contribution in [0.25, 0.3) is 0 Å². The molecule has 2 N–H and O–H groups in total. The average molecular weight is 331 g/mol. The SMILES string of the molecule is CC(C)(C)OC(=O)c1cnc(N2CCN(CCC#N)CC2)c(N)c1. The number of carbonyl (C=O) groups is 1. The minimum absolute atomic E-state index is 0.360. The number of nitrogens with zero attached hydrogens (tertiary/aromatic N) is 4. The van der Waals surface area contributed by atoms with Crippen molar-refractivity contribution in [3.05, 3.63) is 17.8 Å². The monoisotopic (exact) mass is 331 g/mol. The van der Waals surface area contributed by atoms with E-state index in [1.54, 1.807) is 6.07 Å². The molecule has 1 aliphatic heterocycles. The van der Waals surface area contributed by atoms with Gasteiger partial charge in [-0.15, -0.1) is 0 Å². The van der Waals surface area contributed by atoms with Gasteiger partial charge in [0.15, 0.2) is 5.82 Å². The van der Waals surface area contributed by atoms with Gasteiger partial charge in [0.05, 0.1) is 17.3 Å². The molecule has 1 aromatic rings. The summed E-state index contributed by atoms with van der Waals surface area (Å²) >= 11 is 0. The van der Waals surface area contributed by atoms with E-state index in [4.69, 9.17) is 15.7 Å². The number of rotatable bonds is 4. The molecule has 1 saturated heterocycles. The standard InChI is InChI=1S/C17H25N5O2/c1-17(2,3)24-16(23)13-11-14(19)15(20-12-13)22-9-7-21(8-10-22)6-4-5-18/h11-12H,4,6-10,19H2,1-3H3. The summed E-state index contributed by atoms with van der Waals surface area (Å²) < 4.78 is 5.33. The Morgan fingerprint density at radius 3 is 2.58 bits per heavy atom. The fourth-order valence-electron chi connectivity index (χ4n) is 2.58. The molecule has 2 rings (SSSR count). The van der Waals surface area contributed by atoms with Gasteiger partial charge in [0, 0.05) is 45.3 Å². The molecule has 2 heterocycles. The molecule has 130 valence electrons. The lowest BCUT2D eigenvalue weighted by Crippen LogP contribution is -2.47. The summed E-state index contributed by atoms with van der Waals surface area (Å²) in [5.41, 5.74) is 6.38. The maximum atomic E-state index is 12.1. The predicted molar refractivity (Wildman–Crippen MR) is 92.7 cm³/mol. The second-order valence-electron chi connectivity index (χ2n) is 6.88. The van der Waals surface area contributed by atoms with E-state index in [0.29, 0.717) is 23.5 Å². The zero-order valence-corrected chi connectivity index (χ0v) is 14.6. The van der Waals surface area contributed by atoms with Crippen molar-refractivity contribution in [1.82, 2.24) is 9.88 Å². The highest BCUT2D eigenvalue weighted by Crippen LogP contribution is 2.23. The van der Waals surface area contributed by atoms with Gasteiger partial charge in [0.25, 0.3) is 0 Å². The molecule has 0 saturated carbocycles. The molecule has 7 nitrogen and oxygen atoms in total. The smallest absolute Gasteiger partial charge is 0.340 e. The molecule has 1 fully saturated rings. The van der Waals surface area contributed by atoms with Crippen LogP contribution in [0.1, 0.15) is 37.6 Å². The van der Waals surface area contributed by atoms with Crippen molar-refractivity contribution >= 4 is 17.5 Å². The first-order chi connectivity index (χ1) is 11.3. The number of carbonyl (C=O) groups excluding carboxylic acids is 1. The van der Waals surface area contributed by atoms with Crippen LogP contribution in [0.4, 0.5) is 11.5 Å². The van der Waals surface area contributed by atoms with Gasteiger partial charge in [0.2, 0.25) is 0 Å². The van der Waals surface area contributed by atoms with Crippen molar-refractivity contribution in [2.24, 2.45) is 0 Å². The van der Waals surface area contributed by atoms with E-state index in [1.165, 1.54) is 6.20 Å². The number of ether oxygens (including phenoxy) is 1. The first-order valence-electron chi connectivity index (χ1n) is 8.13. The number of pyridine rings is 1. The molecule has 0 aliphatic carbocycles. The quantitative estimate of drug-likeness (QED) is 0.838. The van der Waals surface area contributed by atoms with Crippen molar-refractivity contribution < 1.29 is 9.53 Å². The first-order valence-corrected chi connectivity index (χ1v) is 8.13. The Morgan fingerprint density at radius 2 is 2.04 bits per heavy atom. The lowest BCUT2D eigenvalue weighted by Gasteiger charge is -2.35. The summed E-state index contributed by atoms with van der Waals surface area (Å²) in [4.78, 5) is 20.8. The Kier molecular flexibility index (Phi) is 5.62. The zero-order valence-electron chi connectivity index (χ0n) is 14.6. The molecule has 0 amide bonds. The summed E-state index contributed by atoms with van der Waals surface area (Å²) in [6.45, 7) is 9.60. The molecule has 0 spiro atoms. The second-order valence-corrected chi connectivity index (χ2v) is 6.88. The third kappa shape index (κ3) is 4.83. The highest BCUT2D eigenvalue weighted by molar-refractivity contribution is 5.91. The molecular weight excluding hydrogens is 306 g/mol. The van der Waals surface area contributed by atoms with Gasteiger partial charge in [-0.05, 0) is 26.8 Å². The highest BCUT2D eigenvalue weighted by Gasteiger charge is 2.22. The van der Waals surface area contributed by atoms with Crippen molar-refractivity contribution in [1.29, 1.82) is 5.26 Å². The van der Waals surface area contributed by atoms with Gasteiger partial charge in [-0.3, -0.25) is 4.90 Å². The molecule has 0 bridgehead atoms. The third-order valence-corrected chi connectivity index (χ3v) is 3.74. The van der Waals surface area contributed by atoms with Crippen molar-refractivity contribution in [2.75, 3.05) is 43.4 Å². The number of hydrogen-bond donors (Lipinski definition) is 1. The number of piperazine rings is 1. The summed E-state index contributed by atoms with van der Waals surface area (Å²) in [5.74, 6) is 0.275. The minimum atomic E-state index is -0.551. The molecule has 0 atom stereocenters. The minimum Gasteiger partial charge on any atom is -0.456 e. The van der Waals surface area contributed by atoms with Crippen LogP contribution in [0, 0.1) is 11.3 Å². The second kappa shape index (κ2) is 7.49. The van der Waals surface area contributed by atoms with Gasteiger partial charge in [-0.2, -0.15) is 5.26 Å². The van der Waals surface area contributed by atoms with Crippen LogP contribution in [0.5, 0.6) is 0 Å². The highest BCUT2D eigenvalue weighted by atomic mass is 16.6. The van der Waals surface area contributed by atoms with E-state index in [1.807, 2.05) is 20.8 Å². The van der Waals surface area contributed by atoms with Crippen molar-refractivity contribution in [3.63, 3.8) is 0 Å². The van der Waals surface area contributed by atoms with Crippen molar-refractivity contribution in [2.45, 2.75) is 32.8 Å². The van der Waals surface area contributed by atoms with E-state index < -0.39 is 11.6 Å². The molecule has 0 aromatic carbocycles. The summed E-state index contributed by atoms with van der Waals surface area (Å²) in [6.07, 6.45) is 2.06. The maximum Gasteiger partial charge on any atom is 0.340 e. The molecule has 24 heavy (non-hydrogen) atoms. The number of nitrogen functional groups attached to an aromatic ring is 1. The van der Waals surface area contributed by atoms with Crippen LogP contribution in [-0.4, -0.2) is 54.2 Å². The van der Waals surface area contributed by atoms with Gasteiger partial charge in [-0.1, -0.05) is 0 Å². The fourth-order valence-corrected chi connectivity index (χ4v) is 2.58. The number of nitriles is 1. The Bertz CT molecular complexity index is 625.